The van der Waals surface area contributed by atoms with Crippen LogP contribution in [-0.2, 0) is 0 Å². The van der Waals surface area contributed by atoms with Gasteiger partial charge in [0.05, 0.1) is 0 Å². The van der Waals surface area contributed by atoms with E-state index in [2.05, 4.69) is 6.58 Å². The summed E-state index contributed by atoms with van der Waals surface area (Å²) in [6.07, 6.45) is 9.34. The number of hydrogen-bond acceptors (Lipinski definition) is 2. The van der Waals surface area contributed by atoms with Gasteiger partial charge >= 0.3 is 0 Å². The first kappa shape index (κ1) is 10.5. The minimum atomic E-state index is -0.283. The zero-order chi connectivity index (χ0) is 11.5. The molecule has 0 saturated heterocycles. The highest BCUT2D eigenvalue weighted by atomic mass is 16.3. The van der Waals surface area contributed by atoms with Crippen molar-refractivity contribution in [2.75, 3.05) is 0 Å². The van der Waals surface area contributed by atoms with Crippen molar-refractivity contribution in [2.45, 2.75) is 12.8 Å². The van der Waals surface area contributed by atoms with Crippen molar-refractivity contribution >= 4 is 11.5 Å². The third-order valence-corrected chi connectivity index (χ3v) is 2.49. The molecule has 0 bridgehead atoms. The van der Waals surface area contributed by atoms with Crippen LogP contribution in [0.1, 0.15) is 18.4 Å². The molecule has 1 aliphatic rings. The van der Waals surface area contributed by atoms with Crippen LogP contribution in [0.2, 0.25) is 0 Å². The molecule has 1 aliphatic carbocycles. The van der Waals surface area contributed by atoms with Crippen LogP contribution >= 0.6 is 0 Å². The third kappa shape index (κ3) is 1.98. The summed E-state index contributed by atoms with van der Waals surface area (Å²) in [6, 6.07) is 2.89. The minimum Gasteiger partial charge on any atom is -0.872 e. The summed E-state index contributed by atoms with van der Waals surface area (Å²) in [5.41, 5.74) is 1.13. The van der Waals surface area contributed by atoms with Gasteiger partial charge in [-0.3, -0.25) is 9.36 Å². The fourth-order valence-electron chi connectivity index (χ4n) is 1.63. The Bertz CT molecular complexity index is 535. The predicted octanol–water partition coefficient (Wildman–Crippen LogP) is 1.37. The Morgan fingerprint density at radius 1 is 1.38 bits per heavy atom. The second-order valence-electron chi connectivity index (χ2n) is 3.66. The van der Waals surface area contributed by atoms with Gasteiger partial charge < -0.3 is 5.11 Å². The normalized spacial score (nSPS) is 14.6. The third-order valence-electron chi connectivity index (χ3n) is 2.49. The fourth-order valence-corrected chi connectivity index (χ4v) is 1.63. The van der Waals surface area contributed by atoms with Gasteiger partial charge in [0.25, 0.3) is 5.56 Å². The average molecular weight is 214 g/mol. The molecule has 1 heterocycles. The highest BCUT2D eigenvalue weighted by Gasteiger charge is 2.03. The Labute approximate surface area is 93.7 Å². The van der Waals surface area contributed by atoms with E-state index in [0.717, 1.165) is 18.5 Å². The molecule has 0 radical (unpaired) electrons. The maximum atomic E-state index is 11.6. The molecule has 1 aromatic heterocycles. The van der Waals surface area contributed by atoms with Crippen LogP contribution in [0.25, 0.3) is 11.5 Å². The molecule has 2 rings (SSSR count). The Morgan fingerprint density at radius 2 is 2.19 bits per heavy atom. The maximum Gasteiger partial charge on any atom is 0.255 e. The number of allylic oxidation sites excluding steroid dienone is 4. The molecule has 3 heteroatoms. The van der Waals surface area contributed by atoms with E-state index in [9.17, 15) is 9.90 Å². The van der Waals surface area contributed by atoms with Crippen LogP contribution < -0.4 is 10.7 Å². The van der Waals surface area contributed by atoms with Crippen LogP contribution in [0.4, 0.5) is 0 Å². The van der Waals surface area contributed by atoms with Gasteiger partial charge in [-0.15, -0.1) is 12.3 Å². The van der Waals surface area contributed by atoms with E-state index in [1.165, 1.54) is 16.7 Å². The van der Waals surface area contributed by atoms with Crippen molar-refractivity contribution in [1.29, 1.82) is 0 Å². The SMILES string of the molecule is C=C([O-])c1ccc(=O)n(C2=CCCC=C2)c1. The lowest BCUT2D eigenvalue weighted by molar-refractivity contribution is -0.243. The lowest BCUT2D eigenvalue weighted by Crippen LogP contribution is -2.19. The molecule has 16 heavy (non-hydrogen) atoms. The van der Waals surface area contributed by atoms with Crippen molar-refractivity contribution in [2.24, 2.45) is 0 Å². The van der Waals surface area contributed by atoms with E-state index in [-0.39, 0.29) is 11.3 Å². The van der Waals surface area contributed by atoms with Crippen molar-refractivity contribution in [3.63, 3.8) is 0 Å². The van der Waals surface area contributed by atoms with Crippen LogP contribution in [0, 0.1) is 0 Å². The average Bonchev–Trinajstić information content (AvgIpc) is 2.30. The van der Waals surface area contributed by atoms with E-state index in [1.807, 2.05) is 18.2 Å². The molecule has 0 aliphatic heterocycles. The summed E-state index contributed by atoms with van der Waals surface area (Å²) in [4.78, 5) is 11.6. The van der Waals surface area contributed by atoms with E-state index in [4.69, 9.17) is 0 Å². The molecule has 0 spiro atoms. The summed E-state index contributed by atoms with van der Waals surface area (Å²) >= 11 is 0. The first-order valence-corrected chi connectivity index (χ1v) is 5.14. The van der Waals surface area contributed by atoms with Crippen LogP contribution in [0.5, 0.6) is 0 Å². The lowest BCUT2D eigenvalue weighted by Gasteiger charge is -2.14. The molecule has 0 N–H and O–H groups in total. The van der Waals surface area contributed by atoms with Gasteiger partial charge in [0.15, 0.2) is 0 Å². The molecule has 0 amide bonds. The van der Waals surface area contributed by atoms with Gasteiger partial charge in [-0.25, -0.2) is 0 Å². The Balaban J connectivity index is 2.51. The molecule has 1 aromatic rings. The van der Waals surface area contributed by atoms with Crippen LogP contribution in [-0.4, -0.2) is 4.57 Å². The van der Waals surface area contributed by atoms with Gasteiger partial charge in [-0.05, 0) is 30.5 Å². The zero-order valence-electron chi connectivity index (χ0n) is 8.85. The summed E-state index contributed by atoms with van der Waals surface area (Å²) in [5.74, 6) is -0.283. The van der Waals surface area contributed by atoms with E-state index >= 15 is 0 Å². The van der Waals surface area contributed by atoms with Gasteiger partial charge in [-0.2, -0.15) is 0 Å². The number of pyridine rings is 1. The van der Waals surface area contributed by atoms with E-state index in [0.29, 0.717) is 5.56 Å². The number of nitrogens with zero attached hydrogens (tertiary/aromatic N) is 1. The Hall–Kier alpha value is -2.03. The van der Waals surface area contributed by atoms with Crippen LogP contribution in [0.3, 0.4) is 0 Å². The molecule has 0 aromatic carbocycles. The van der Waals surface area contributed by atoms with Crippen molar-refractivity contribution in [3.05, 3.63) is 59.1 Å². The molecule has 3 nitrogen and oxygen atoms in total. The summed E-state index contributed by atoms with van der Waals surface area (Å²) in [5, 5.41) is 11.1. The second-order valence-corrected chi connectivity index (χ2v) is 3.66. The van der Waals surface area contributed by atoms with E-state index in [1.54, 1.807) is 6.20 Å². The molecule has 0 atom stereocenters. The van der Waals surface area contributed by atoms with Crippen molar-refractivity contribution in [3.8, 4) is 0 Å². The smallest absolute Gasteiger partial charge is 0.255 e. The maximum absolute atomic E-state index is 11.6. The standard InChI is InChI=1S/C13H13NO2/c1-10(15)11-7-8-13(16)14(9-11)12-5-3-2-4-6-12/h3,5-9,15H,1-2,4H2/p-1. The van der Waals surface area contributed by atoms with Crippen molar-refractivity contribution in [1.82, 2.24) is 4.57 Å². The first-order valence-electron chi connectivity index (χ1n) is 5.14. The van der Waals surface area contributed by atoms with Crippen LogP contribution in [0.15, 0.2) is 47.9 Å². The highest BCUT2D eigenvalue weighted by molar-refractivity contribution is 5.61. The van der Waals surface area contributed by atoms with Gasteiger partial charge in [0.2, 0.25) is 0 Å². The van der Waals surface area contributed by atoms with Gasteiger partial charge in [0.1, 0.15) is 0 Å². The molecular formula is C13H12NO2-. The molecule has 0 saturated carbocycles. The Morgan fingerprint density at radius 3 is 2.81 bits per heavy atom. The minimum absolute atomic E-state index is 0.136. The summed E-state index contributed by atoms with van der Waals surface area (Å²) in [7, 11) is 0. The second kappa shape index (κ2) is 4.23. The first-order chi connectivity index (χ1) is 7.68. The molecule has 0 fully saturated rings. The van der Waals surface area contributed by atoms with Crippen molar-refractivity contribution < 1.29 is 5.11 Å². The molecule has 0 unspecified atom stereocenters. The van der Waals surface area contributed by atoms with E-state index < -0.39 is 0 Å². The number of rotatable bonds is 2. The van der Waals surface area contributed by atoms with Gasteiger partial charge in [0, 0.05) is 18.0 Å². The topological polar surface area (TPSA) is 45.1 Å². The monoisotopic (exact) mass is 214 g/mol. The zero-order valence-corrected chi connectivity index (χ0v) is 8.85. The fraction of sp³-hybridized carbons (Fsp3) is 0.154. The summed E-state index contributed by atoms with van der Waals surface area (Å²) in [6.45, 7) is 3.33. The lowest BCUT2D eigenvalue weighted by atomic mass is 10.1. The molecular weight excluding hydrogens is 202 g/mol. The number of hydrogen-bond donors (Lipinski definition) is 0. The quantitative estimate of drug-likeness (QED) is 0.698. The number of aromatic nitrogens is 1. The highest BCUT2D eigenvalue weighted by Crippen LogP contribution is 2.14. The molecule has 82 valence electrons. The Kier molecular flexibility index (Phi) is 2.77. The largest absolute Gasteiger partial charge is 0.872 e. The summed E-state index contributed by atoms with van der Waals surface area (Å²) < 4.78 is 1.48. The van der Waals surface area contributed by atoms with Gasteiger partial charge in [-0.1, -0.05) is 12.2 Å². The predicted molar refractivity (Wildman–Crippen MR) is 62.4 cm³/mol.